The van der Waals surface area contributed by atoms with E-state index in [2.05, 4.69) is 5.32 Å². The highest BCUT2D eigenvalue weighted by Gasteiger charge is 2.10. The Morgan fingerprint density at radius 3 is 2.86 bits per heavy atom. The Morgan fingerprint density at radius 1 is 1.43 bits per heavy atom. The highest BCUT2D eigenvalue weighted by atomic mass is 35.5. The molecule has 0 radical (unpaired) electrons. The summed E-state index contributed by atoms with van der Waals surface area (Å²) < 4.78 is 14.3. The number of nitrogens with zero attached hydrogens (tertiary/aromatic N) is 1. The summed E-state index contributed by atoms with van der Waals surface area (Å²) in [6.45, 7) is -0.441. The molecule has 0 spiro atoms. The molecule has 1 aromatic heterocycles. The highest BCUT2D eigenvalue weighted by molar-refractivity contribution is 6.30. The molecule has 21 heavy (non-hydrogen) atoms. The SMILES string of the molecule is Nc1ccc(F)c(NC(=O)Cn2cc(Cl)c(=O)[nH]c2=O)c1. The van der Waals surface area contributed by atoms with Crippen molar-refractivity contribution >= 4 is 28.9 Å². The van der Waals surface area contributed by atoms with Gasteiger partial charge in [-0.2, -0.15) is 0 Å². The minimum absolute atomic E-state index is 0.108. The number of amides is 1. The van der Waals surface area contributed by atoms with Crippen LogP contribution in [0.15, 0.2) is 34.0 Å². The molecule has 0 aliphatic carbocycles. The van der Waals surface area contributed by atoms with E-state index in [1.54, 1.807) is 0 Å². The van der Waals surface area contributed by atoms with Gasteiger partial charge in [0.25, 0.3) is 5.56 Å². The molecular formula is C12H10ClFN4O3. The number of benzene rings is 1. The molecule has 0 bridgehead atoms. The Morgan fingerprint density at radius 2 is 2.14 bits per heavy atom. The van der Waals surface area contributed by atoms with Crippen LogP contribution in [0, 0.1) is 5.82 Å². The minimum Gasteiger partial charge on any atom is -0.399 e. The summed E-state index contributed by atoms with van der Waals surface area (Å²) >= 11 is 5.56. The van der Waals surface area contributed by atoms with Crippen molar-refractivity contribution in [1.29, 1.82) is 0 Å². The number of aromatic nitrogens is 2. The number of anilines is 2. The van der Waals surface area contributed by atoms with Crippen molar-refractivity contribution in [2.75, 3.05) is 11.1 Å². The summed E-state index contributed by atoms with van der Waals surface area (Å²) in [7, 11) is 0. The third-order valence-corrected chi connectivity index (χ3v) is 2.82. The molecule has 0 atom stereocenters. The van der Waals surface area contributed by atoms with Crippen LogP contribution in [-0.4, -0.2) is 15.5 Å². The van der Waals surface area contributed by atoms with Crippen LogP contribution >= 0.6 is 11.6 Å². The number of hydrogen-bond donors (Lipinski definition) is 3. The van der Waals surface area contributed by atoms with Crippen molar-refractivity contribution in [1.82, 2.24) is 9.55 Å². The fraction of sp³-hybridized carbons (Fsp3) is 0.0833. The van der Waals surface area contributed by atoms with Gasteiger partial charge in [-0.25, -0.2) is 9.18 Å². The van der Waals surface area contributed by atoms with Gasteiger partial charge in [-0.3, -0.25) is 19.1 Å². The van der Waals surface area contributed by atoms with Crippen LogP contribution in [-0.2, 0) is 11.3 Å². The van der Waals surface area contributed by atoms with Crippen LogP contribution in [0.1, 0.15) is 0 Å². The van der Waals surface area contributed by atoms with Crippen molar-refractivity contribution in [2.24, 2.45) is 0 Å². The van der Waals surface area contributed by atoms with E-state index in [4.69, 9.17) is 17.3 Å². The van der Waals surface area contributed by atoms with Crippen LogP contribution in [0.25, 0.3) is 0 Å². The maximum atomic E-state index is 13.5. The zero-order chi connectivity index (χ0) is 15.6. The molecule has 0 aliphatic rings. The molecule has 1 heterocycles. The number of nitrogens with two attached hydrogens (primary N) is 1. The molecule has 110 valence electrons. The smallest absolute Gasteiger partial charge is 0.328 e. The second-order valence-electron chi connectivity index (χ2n) is 4.15. The first kappa shape index (κ1) is 14.8. The van der Waals surface area contributed by atoms with Crippen molar-refractivity contribution in [2.45, 2.75) is 6.54 Å². The zero-order valence-electron chi connectivity index (χ0n) is 10.5. The van der Waals surface area contributed by atoms with Crippen LogP contribution in [0.5, 0.6) is 0 Å². The molecule has 9 heteroatoms. The molecule has 4 N–H and O–H groups in total. The Balaban J connectivity index is 2.19. The average molecular weight is 313 g/mol. The van der Waals surface area contributed by atoms with Gasteiger partial charge in [0, 0.05) is 11.9 Å². The van der Waals surface area contributed by atoms with Gasteiger partial charge >= 0.3 is 5.69 Å². The summed E-state index contributed by atoms with van der Waals surface area (Å²) in [6, 6.07) is 3.70. The zero-order valence-corrected chi connectivity index (χ0v) is 11.3. The quantitative estimate of drug-likeness (QED) is 0.719. The number of nitrogen functional groups attached to an aromatic ring is 1. The maximum absolute atomic E-state index is 13.5. The molecule has 0 saturated carbocycles. The first-order chi connectivity index (χ1) is 9.86. The standard InChI is InChI=1S/C12H10ClFN4O3/c13-7-4-18(12(21)17-11(7)20)5-10(19)16-9-3-6(15)1-2-8(9)14/h1-4H,5,15H2,(H,16,19)(H,17,20,21). The van der Waals surface area contributed by atoms with Crippen molar-refractivity contribution < 1.29 is 9.18 Å². The predicted octanol–water partition coefficient (Wildman–Crippen LogP) is 0.550. The molecule has 0 aliphatic heterocycles. The summed E-state index contributed by atoms with van der Waals surface area (Å²) in [5.41, 5.74) is 4.10. The second-order valence-corrected chi connectivity index (χ2v) is 4.56. The van der Waals surface area contributed by atoms with E-state index in [0.717, 1.165) is 16.8 Å². The Bertz CT molecular complexity index is 815. The lowest BCUT2D eigenvalue weighted by atomic mass is 10.2. The number of rotatable bonds is 3. The van der Waals surface area contributed by atoms with E-state index in [0.29, 0.717) is 0 Å². The van der Waals surface area contributed by atoms with E-state index < -0.39 is 29.5 Å². The van der Waals surface area contributed by atoms with Gasteiger partial charge in [0.1, 0.15) is 17.4 Å². The van der Waals surface area contributed by atoms with Crippen LogP contribution in [0.4, 0.5) is 15.8 Å². The van der Waals surface area contributed by atoms with Gasteiger partial charge in [0.2, 0.25) is 5.91 Å². The lowest BCUT2D eigenvalue weighted by molar-refractivity contribution is -0.116. The maximum Gasteiger partial charge on any atom is 0.328 e. The van der Waals surface area contributed by atoms with E-state index in [-0.39, 0.29) is 16.4 Å². The van der Waals surface area contributed by atoms with Gasteiger partial charge < -0.3 is 11.1 Å². The van der Waals surface area contributed by atoms with E-state index in [9.17, 15) is 18.8 Å². The highest BCUT2D eigenvalue weighted by Crippen LogP contribution is 2.17. The molecule has 2 rings (SSSR count). The Kier molecular flexibility index (Phi) is 4.08. The van der Waals surface area contributed by atoms with Crippen molar-refractivity contribution in [3.8, 4) is 0 Å². The number of carbonyl (C=O) groups is 1. The summed E-state index contributed by atoms with van der Waals surface area (Å²) in [5, 5.41) is 2.03. The third-order valence-electron chi connectivity index (χ3n) is 2.55. The molecule has 0 fully saturated rings. The number of H-pyrrole nitrogens is 1. The number of carbonyl (C=O) groups excluding carboxylic acids is 1. The molecule has 7 nitrogen and oxygen atoms in total. The monoisotopic (exact) mass is 312 g/mol. The number of nitrogens with one attached hydrogen (secondary N) is 2. The first-order valence-electron chi connectivity index (χ1n) is 5.71. The molecule has 0 unspecified atom stereocenters. The van der Waals surface area contributed by atoms with Crippen molar-refractivity contribution in [3.05, 3.63) is 56.1 Å². The fourth-order valence-electron chi connectivity index (χ4n) is 1.58. The molecule has 0 saturated heterocycles. The predicted molar refractivity (Wildman–Crippen MR) is 75.8 cm³/mol. The number of aromatic amines is 1. The van der Waals surface area contributed by atoms with Crippen LogP contribution < -0.4 is 22.3 Å². The molecule has 1 aromatic carbocycles. The summed E-state index contributed by atoms with van der Waals surface area (Å²) in [5.74, 6) is -1.34. The first-order valence-corrected chi connectivity index (χ1v) is 6.09. The van der Waals surface area contributed by atoms with Gasteiger partial charge in [-0.15, -0.1) is 0 Å². The van der Waals surface area contributed by atoms with Gasteiger partial charge in [0.15, 0.2) is 0 Å². The lowest BCUT2D eigenvalue weighted by Gasteiger charge is -2.08. The van der Waals surface area contributed by atoms with Crippen LogP contribution in [0.3, 0.4) is 0 Å². The third kappa shape index (κ3) is 3.48. The van der Waals surface area contributed by atoms with Gasteiger partial charge in [0.05, 0.1) is 5.69 Å². The number of hydrogen-bond acceptors (Lipinski definition) is 4. The Hall–Kier alpha value is -2.61. The number of halogens is 2. The van der Waals surface area contributed by atoms with Crippen LogP contribution in [0.2, 0.25) is 5.02 Å². The molecule has 1 amide bonds. The van der Waals surface area contributed by atoms with Crippen molar-refractivity contribution in [3.63, 3.8) is 0 Å². The van der Waals surface area contributed by atoms with E-state index >= 15 is 0 Å². The van der Waals surface area contributed by atoms with Gasteiger partial charge in [-0.1, -0.05) is 11.6 Å². The second kappa shape index (κ2) is 5.80. The van der Waals surface area contributed by atoms with E-state index in [1.165, 1.54) is 12.1 Å². The molecule has 2 aromatic rings. The minimum atomic E-state index is -0.799. The fourth-order valence-corrected chi connectivity index (χ4v) is 1.75. The van der Waals surface area contributed by atoms with Gasteiger partial charge in [-0.05, 0) is 18.2 Å². The summed E-state index contributed by atoms with van der Waals surface area (Å²) in [4.78, 5) is 36.3. The molecular weight excluding hydrogens is 303 g/mol. The van der Waals surface area contributed by atoms with E-state index in [1.807, 2.05) is 4.98 Å². The Labute approximate surface area is 122 Å². The normalized spacial score (nSPS) is 10.4. The largest absolute Gasteiger partial charge is 0.399 e. The average Bonchev–Trinajstić information content (AvgIpc) is 2.40. The topological polar surface area (TPSA) is 110 Å². The summed E-state index contributed by atoms with van der Waals surface area (Å²) in [6.07, 6.45) is 1.03. The lowest BCUT2D eigenvalue weighted by Crippen LogP contribution is -2.33.